The Morgan fingerprint density at radius 2 is 1.15 bits per heavy atom. The summed E-state index contributed by atoms with van der Waals surface area (Å²) in [6, 6.07) is 5.44. The van der Waals surface area contributed by atoms with Crippen molar-refractivity contribution in [1.82, 2.24) is 9.80 Å². The number of likely N-dealkylation sites (tertiary alicyclic amines) is 2. The minimum atomic E-state index is -1.54. The molecule has 53 heavy (non-hydrogen) atoms. The van der Waals surface area contributed by atoms with Gasteiger partial charge in [0, 0.05) is 40.9 Å². The molecule has 0 saturated carbocycles. The summed E-state index contributed by atoms with van der Waals surface area (Å²) >= 11 is 0. The summed E-state index contributed by atoms with van der Waals surface area (Å²) in [6.07, 6.45) is 6.15. The molecular formula is C36H54N4O13. The number of benzene rings is 2. The van der Waals surface area contributed by atoms with Gasteiger partial charge in [-0.2, -0.15) is 0 Å². The number of piperidine rings is 2. The lowest BCUT2D eigenvalue weighted by atomic mass is 9.97. The molecule has 1 N–H and O–H groups in total. The number of nitrogens with zero attached hydrogens (tertiary/aromatic N) is 4. The van der Waals surface area contributed by atoms with E-state index in [0.717, 1.165) is 51.6 Å². The molecule has 0 spiro atoms. The molecule has 0 radical (unpaired) electrons. The maximum atomic E-state index is 12.4. The van der Waals surface area contributed by atoms with Crippen LogP contribution in [0.5, 0.6) is 23.0 Å². The van der Waals surface area contributed by atoms with Gasteiger partial charge in [0.25, 0.3) is 11.4 Å². The first-order chi connectivity index (χ1) is 25.5. The van der Waals surface area contributed by atoms with E-state index in [4.69, 9.17) is 37.9 Å². The highest BCUT2D eigenvalue weighted by Crippen LogP contribution is 2.44. The van der Waals surface area contributed by atoms with Gasteiger partial charge in [-0.25, -0.2) is 0 Å². The molecule has 2 saturated heterocycles. The van der Waals surface area contributed by atoms with Crippen molar-refractivity contribution in [2.45, 2.75) is 62.6 Å². The van der Waals surface area contributed by atoms with Gasteiger partial charge in [0.05, 0.1) is 80.2 Å². The van der Waals surface area contributed by atoms with Crippen molar-refractivity contribution in [2.24, 2.45) is 0 Å². The monoisotopic (exact) mass is 750 g/mol. The summed E-state index contributed by atoms with van der Waals surface area (Å²) < 4.78 is 46.4. The van der Waals surface area contributed by atoms with Crippen molar-refractivity contribution < 1.29 is 52.8 Å². The van der Waals surface area contributed by atoms with Gasteiger partial charge in [-0.05, 0) is 57.5 Å². The number of methoxy groups -OCH3 is 6. The van der Waals surface area contributed by atoms with E-state index in [2.05, 4.69) is 4.90 Å². The van der Waals surface area contributed by atoms with Gasteiger partial charge in [-0.3, -0.25) is 30.0 Å². The second-order valence-corrected chi connectivity index (χ2v) is 13.1. The van der Waals surface area contributed by atoms with E-state index in [1.54, 1.807) is 0 Å². The van der Waals surface area contributed by atoms with E-state index >= 15 is 0 Å². The SMILES string of the molecule is COc1cc(C(CN2CCCCC2)(OC)OC)c([N+](=O)[O-])cc1OCCCOc1cc([N+](=O)[O-])c(C(CN2CCCCC2CO)(OC)OC)cc1OC. The first kappa shape index (κ1) is 41.9. The third kappa shape index (κ3) is 9.64. The van der Waals surface area contributed by atoms with Crippen molar-refractivity contribution in [3.63, 3.8) is 0 Å². The average molecular weight is 751 g/mol. The third-order valence-electron chi connectivity index (χ3n) is 10.2. The van der Waals surface area contributed by atoms with Crippen molar-refractivity contribution in [2.75, 3.05) is 95.2 Å². The highest BCUT2D eigenvalue weighted by atomic mass is 16.7. The zero-order valence-corrected chi connectivity index (χ0v) is 31.6. The zero-order chi connectivity index (χ0) is 38.6. The molecule has 2 aromatic carbocycles. The maximum absolute atomic E-state index is 12.4. The number of nitro groups is 2. The lowest BCUT2D eigenvalue weighted by Gasteiger charge is -2.41. The average Bonchev–Trinajstić information content (AvgIpc) is 3.18. The highest BCUT2D eigenvalue weighted by Gasteiger charge is 2.44. The Labute approximate surface area is 310 Å². The van der Waals surface area contributed by atoms with Crippen LogP contribution in [0.4, 0.5) is 11.4 Å². The summed E-state index contributed by atoms with van der Waals surface area (Å²) in [7, 11) is 8.61. The Morgan fingerprint density at radius 3 is 1.58 bits per heavy atom. The molecule has 2 aliphatic rings. The van der Waals surface area contributed by atoms with Gasteiger partial charge in [0.1, 0.15) is 0 Å². The molecule has 2 aromatic rings. The number of hydrogen-bond acceptors (Lipinski definition) is 15. The topological polar surface area (TPSA) is 187 Å². The van der Waals surface area contributed by atoms with Gasteiger partial charge in [0.15, 0.2) is 23.0 Å². The smallest absolute Gasteiger partial charge is 0.282 e. The second kappa shape index (κ2) is 19.5. The minimum absolute atomic E-state index is 0.0540. The number of ether oxygens (including phenoxy) is 8. The molecule has 0 amide bonds. The van der Waals surface area contributed by atoms with Crippen LogP contribution in [0.1, 0.15) is 56.1 Å². The summed E-state index contributed by atoms with van der Waals surface area (Å²) in [5.41, 5.74) is -0.191. The Hall–Kier alpha value is -3.84. The van der Waals surface area contributed by atoms with Gasteiger partial charge in [0.2, 0.25) is 11.6 Å². The number of aliphatic hydroxyl groups is 1. The number of rotatable bonds is 21. The third-order valence-corrected chi connectivity index (χ3v) is 10.2. The zero-order valence-electron chi connectivity index (χ0n) is 31.6. The summed E-state index contributed by atoms with van der Waals surface area (Å²) in [6.45, 7) is 2.86. The van der Waals surface area contributed by atoms with E-state index in [-0.39, 0.29) is 77.9 Å². The molecule has 296 valence electrons. The van der Waals surface area contributed by atoms with Crippen LogP contribution >= 0.6 is 0 Å². The van der Waals surface area contributed by atoms with Crippen LogP contribution in [0.3, 0.4) is 0 Å². The van der Waals surface area contributed by atoms with E-state index in [0.29, 0.717) is 19.5 Å². The molecule has 2 heterocycles. The van der Waals surface area contributed by atoms with E-state index < -0.39 is 21.4 Å². The Bertz CT molecular complexity index is 1510. The molecule has 1 atom stereocenters. The Kier molecular flexibility index (Phi) is 15.4. The molecule has 0 aromatic heterocycles. The van der Waals surface area contributed by atoms with Crippen molar-refractivity contribution in [3.05, 3.63) is 55.6 Å². The van der Waals surface area contributed by atoms with Crippen LogP contribution in [-0.4, -0.2) is 126 Å². The number of aliphatic hydroxyl groups excluding tert-OH is 1. The van der Waals surface area contributed by atoms with Gasteiger partial charge >= 0.3 is 0 Å². The fourth-order valence-corrected chi connectivity index (χ4v) is 7.17. The molecule has 4 rings (SSSR count). The van der Waals surface area contributed by atoms with Crippen LogP contribution in [0.2, 0.25) is 0 Å². The molecule has 1 unspecified atom stereocenters. The lowest BCUT2D eigenvalue weighted by molar-refractivity contribution is -0.389. The lowest BCUT2D eigenvalue weighted by Crippen LogP contribution is -2.51. The molecule has 2 fully saturated rings. The molecule has 2 aliphatic heterocycles. The first-order valence-corrected chi connectivity index (χ1v) is 17.8. The van der Waals surface area contributed by atoms with Crippen LogP contribution in [0.25, 0.3) is 0 Å². The summed E-state index contributed by atoms with van der Waals surface area (Å²) in [5, 5.41) is 34.7. The molecule has 17 heteroatoms. The Balaban J connectivity index is 1.51. The van der Waals surface area contributed by atoms with E-state index in [1.807, 2.05) is 4.90 Å². The predicted molar refractivity (Wildman–Crippen MR) is 193 cm³/mol. The van der Waals surface area contributed by atoms with Crippen LogP contribution in [-0.2, 0) is 30.5 Å². The van der Waals surface area contributed by atoms with Crippen molar-refractivity contribution in [1.29, 1.82) is 0 Å². The fraction of sp³-hybridized carbons (Fsp3) is 0.667. The summed E-state index contributed by atoms with van der Waals surface area (Å²) in [5.74, 6) is -2.21. The fourth-order valence-electron chi connectivity index (χ4n) is 7.17. The predicted octanol–water partition coefficient (Wildman–Crippen LogP) is 4.59. The molecule has 0 bridgehead atoms. The standard InChI is InChI=1S/C36H54N4O13/c1-46-31-19-27(35(48-3,49-4)24-37-14-9-7-10-15-37)29(39(42)43)21-33(31)52-17-12-18-53-34-22-30(40(44)45)28(20-32(34)47-2)36(50-5,51-6)25-38-16-11-8-13-26(38)23-41/h19-22,26,41H,7-18,23-25H2,1-6H3. The molecule has 17 nitrogen and oxygen atoms in total. The van der Waals surface area contributed by atoms with Gasteiger partial charge < -0.3 is 43.0 Å². The van der Waals surface area contributed by atoms with Crippen molar-refractivity contribution >= 4 is 11.4 Å². The second-order valence-electron chi connectivity index (χ2n) is 13.1. The normalized spacial score (nSPS) is 17.4. The number of nitro benzene ring substituents is 2. The maximum Gasteiger partial charge on any atom is 0.282 e. The van der Waals surface area contributed by atoms with E-state index in [9.17, 15) is 25.3 Å². The molecule has 0 aliphatic carbocycles. The first-order valence-electron chi connectivity index (χ1n) is 17.8. The summed E-state index contributed by atoms with van der Waals surface area (Å²) in [4.78, 5) is 27.9. The minimum Gasteiger partial charge on any atom is -0.493 e. The van der Waals surface area contributed by atoms with Gasteiger partial charge in [-0.15, -0.1) is 0 Å². The van der Waals surface area contributed by atoms with E-state index in [1.165, 1.54) is 66.9 Å². The molecular weight excluding hydrogens is 696 g/mol. The highest BCUT2D eigenvalue weighted by molar-refractivity contribution is 5.57. The number of hydrogen-bond donors (Lipinski definition) is 1. The quantitative estimate of drug-likeness (QED) is 0.0807. The Morgan fingerprint density at radius 1 is 0.679 bits per heavy atom. The van der Waals surface area contributed by atoms with Crippen molar-refractivity contribution in [3.8, 4) is 23.0 Å². The van der Waals surface area contributed by atoms with Crippen LogP contribution < -0.4 is 18.9 Å². The van der Waals surface area contributed by atoms with Crippen LogP contribution in [0, 0.1) is 20.2 Å². The van der Waals surface area contributed by atoms with Crippen LogP contribution in [0.15, 0.2) is 24.3 Å². The van der Waals surface area contributed by atoms with Gasteiger partial charge in [-0.1, -0.05) is 12.8 Å². The largest absolute Gasteiger partial charge is 0.493 e.